The third-order valence-corrected chi connectivity index (χ3v) is 2.15. The van der Waals surface area contributed by atoms with Crippen LogP contribution in [0.3, 0.4) is 0 Å². The van der Waals surface area contributed by atoms with Crippen molar-refractivity contribution in [2.75, 3.05) is 6.61 Å². The third kappa shape index (κ3) is 2.59. The lowest BCUT2D eigenvalue weighted by Crippen LogP contribution is -2.06. The smallest absolute Gasteiger partial charge is 0.339 e. The SMILES string of the molecule is CCOc1ccc(C(=O)CC)cc1C(=O)O. The standard InChI is InChI=1S/C12H14O4/c1-3-10(13)8-5-6-11(16-4-2)9(7-8)12(14)15/h5-7H,3-4H2,1-2H3,(H,14,15). The van der Waals surface area contributed by atoms with E-state index in [-0.39, 0.29) is 11.3 Å². The topological polar surface area (TPSA) is 63.6 Å². The molecule has 0 aliphatic heterocycles. The van der Waals surface area contributed by atoms with Gasteiger partial charge in [0.2, 0.25) is 0 Å². The number of ketones is 1. The van der Waals surface area contributed by atoms with Crippen molar-refractivity contribution < 1.29 is 19.4 Å². The number of benzene rings is 1. The second kappa shape index (κ2) is 5.30. The molecule has 1 N–H and O–H groups in total. The summed E-state index contributed by atoms with van der Waals surface area (Å²) < 4.78 is 5.17. The molecular weight excluding hydrogens is 208 g/mol. The van der Waals surface area contributed by atoms with Crippen LogP contribution in [0.25, 0.3) is 0 Å². The Morgan fingerprint density at radius 1 is 1.31 bits per heavy atom. The van der Waals surface area contributed by atoms with E-state index in [0.29, 0.717) is 24.3 Å². The average molecular weight is 222 g/mol. The second-order valence-electron chi connectivity index (χ2n) is 3.23. The maximum absolute atomic E-state index is 11.4. The van der Waals surface area contributed by atoms with Crippen molar-refractivity contribution in [3.8, 4) is 5.75 Å². The summed E-state index contributed by atoms with van der Waals surface area (Å²) in [6, 6.07) is 4.47. The van der Waals surface area contributed by atoms with Crippen LogP contribution >= 0.6 is 0 Å². The number of hydrogen-bond acceptors (Lipinski definition) is 3. The van der Waals surface area contributed by atoms with E-state index in [2.05, 4.69) is 0 Å². The van der Waals surface area contributed by atoms with Crippen LogP contribution in [0.5, 0.6) is 5.75 Å². The number of carbonyl (C=O) groups excluding carboxylic acids is 1. The van der Waals surface area contributed by atoms with Gasteiger partial charge in [-0.25, -0.2) is 4.79 Å². The molecular formula is C12H14O4. The molecule has 1 rings (SSSR count). The Kier molecular flexibility index (Phi) is 4.05. The molecule has 0 saturated heterocycles. The average Bonchev–Trinajstić information content (AvgIpc) is 2.28. The number of Topliss-reactive ketones (excluding diaryl/α,β-unsaturated/α-hetero) is 1. The number of hydrogen-bond donors (Lipinski definition) is 1. The van der Waals surface area contributed by atoms with Gasteiger partial charge in [0.1, 0.15) is 11.3 Å². The zero-order valence-electron chi connectivity index (χ0n) is 9.32. The monoisotopic (exact) mass is 222 g/mol. The van der Waals surface area contributed by atoms with Crippen molar-refractivity contribution in [3.63, 3.8) is 0 Å². The Morgan fingerprint density at radius 3 is 2.50 bits per heavy atom. The van der Waals surface area contributed by atoms with Crippen LogP contribution < -0.4 is 4.74 Å². The molecule has 0 saturated carbocycles. The predicted octanol–water partition coefficient (Wildman–Crippen LogP) is 2.38. The van der Waals surface area contributed by atoms with Crippen LogP contribution in [-0.4, -0.2) is 23.5 Å². The predicted molar refractivity (Wildman–Crippen MR) is 59.2 cm³/mol. The summed E-state index contributed by atoms with van der Waals surface area (Å²) in [7, 11) is 0. The molecule has 86 valence electrons. The van der Waals surface area contributed by atoms with Crippen molar-refractivity contribution in [3.05, 3.63) is 29.3 Å². The number of aromatic carboxylic acids is 1. The summed E-state index contributed by atoms with van der Waals surface area (Å²) >= 11 is 0. The zero-order chi connectivity index (χ0) is 12.1. The lowest BCUT2D eigenvalue weighted by molar-refractivity contribution is 0.0692. The first-order valence-electron chi connectivity index (χ1n) is 5.13. The fourth-order valence-corrected chi connectivity index (χ4v) is 1.36. The van der Waals surface area contributed by atoms with Gasteiger partial charge in [-0.2, -0.15) is 0 Å². The maximum atomic E-state index is 11.4. The quantitative estimate of drug-likeness (QED) is 0.777. The number of ether oxygens (including phenoxy) is 1. The highest BCUT2D eigenvalue weighted by Crippen LogP contribution is 2.21. The zero-order valence-corrected chi connectivity index (χ0v) is 9.32. The van der Waals surface area contributed by atoms with Crippen LogP contribution in [0.4, 0.5) is 0 Å². The number of carboxylic acids is 1. The summed E-state index contributed by atoms with van der Waals surface area (Å²) in [4.78, 5) is 22.4. The van der Waals surface area contributed by atoms with Crippen molar-refractivity contribution >= 4 is 11.8 Å². The molecule has 0 bridgehead atoms. The Hall–Kier alpha value is -1.84. The van der Waals surface area contributed by atoms with E-state index in [1.165, 1.54) is 12.1 Å². The Bertz CT molecular complexity index is 409. The molecule has 0 aliphatic carbocycles. The molecule has 1 aromatic carbocycles. The highest BCUT2D eigenvalue weighted by Gasteiger charge is 2.14. The van der Waals surface area contributed by atoms with Crippen LogP contribution in [0.1, 0.15) is 41.0 Å². The van der Waals surface area contributed by atoms with Crippen molar-refractivity contribution in [2.45, 2.75) is 20.3 Å². The van der Waals surface area contributed by atoms with Crippen LogP contribution in [0.2, 0.25) is 0 Å². The molecule has 4 nitrogen and oxygen atoms in total. The normalized spacial score (nSPS) is 9.88. The van der Waals surface area contributed by atoms with Crippen molar-refractivity contribution in [1.82, 2.24) is 0 Å². The fourth-order valence-electron chi connectivity index (χ4n) is 1.36. The van der Waals surface area contributed by atoms with Crippen LogP contribution in [0.15, 0.2) is 18.2 Å². The summed E-state index contributed by atoms with van der Waals surface area (Å²) in [5, 5.41) is 8.98. The van der Waals surface area contributed by atoms with E-state index in [0.717, 1.165) is 0 Å². The first-order chi connectivity index (χ1) is 7.60. The molecule has 0 fully saturated rings. The molecule has 0 amide bonds. The molecule has 0 heterocycles. The van der Waals surface area contributed by atoms with Gasteiger partial charge in [-0.3, -0.25) is 4.79 Å². The molecule has 0 unspecified atom stereocenters. The van der Waals surface area contributed by atoms with Crippen molar-refractivity contribution in [1.29, 1.82) is 0 Å². The largest absolute Gasteiger partial charge is 0.493 e. The van der Waals surface area contributed by atoms with Gasteiger partial charge >= 0.3 is 5.97 Å². The van der Waals surface area contributed by atoms with Crippen molar-refractivity contribution in [2.24, 2.45) is 0 Å². The lowest BCUT2D eigenvalue weighted by atomic mass is 10.0. The first-order valence-corrected chi connectivity index (χ1v) is 5.13. The van der Waals surface area contributed by atoms with Crippen LogP contribution in [-0.2, 0) is 0 Å². The number of carboxylic acid groups (broad SMARTS) is 1. The van der Waals surface area contributed by atoms with Gasteiger partial charge < -0.3 is 9.84 Å². The minimum Gasteiger partial charge on any atom is -0.493 e. The summed E-state index contributed by atoms with van der Waals surface area (Å²) in [6.45, 7) is 3.90. The van der Waals surface area contributed by atoms with Gasteiger partial charge in [0.25, 0.3) is 0 Å². The minimum absolute atomic E-state index is 0.0288. The second-order valence-corrected chi connectivity index (χ2v) is 3.23. The third-order valence-electron chi connectivity index (χ3n) is 2.15. The highest BCUT2D eigenvalue weighted by atomic mass is 16.5. The Labute approximate surface area is 93.9 Å². The molecule has 0 atom stereocenters. The fraction of sp³-hybridized carbons (Fsp3) is 0.333. The van der Waals surface area contributed by atoms with E-state index in [1.54, 1.807) is 19.9 Å². The minimum atomic E-state index is -1.09. The Balaban J connectivity index is 3.17. The van der Waals surface area contributed by atoms with E-state index in [4.69, 9.17) is 9.84 Å². The van der Waals surface area contributed by atoms with E-state index in [9.17, 15) is 9.59 Å². The van der Waals surface area contributed by atoms with E-state index in [1.807, 2.05) is 0 Å². The molecule has 0 aliphatic rings. The van der Waals surface area contributed by atoms with E-state index < -0.39 is 5.97 Å². The Morgan fingerprint density at radius 2 is 2.00 bits per heavy atom. The summed E-state index contributed by atoms with van der Waals surface area (Å²) in [5.41, 5.74) is 0.435. The van der Waals surface area contributed by atoms with Gasteiger partial charge in [-0.1, -0.05) is 6.92 Å². The molecule has 16 heavy (non-hydrogen) atoms. The molecule has 1 aromatic rings. The van der Waals surface area contributed by atoms with Crippen LogP contribution in [0, 0.1) is 0 Å². The molecule has 0 aromatic heterocycles. The molecule has 4 heteroatoms. The van der Waals surface area contributed by atoms with Gasteiger partial charge in [-0.05, 0) is 25.1 Å². The lowest BCUT2D eigenvalue weighted by Gasteiger charge is -2.08. The molecule has 0 radical (unpaired) electrons. The number of carbonyl (C=O) groups is 2. The van der Waals surface area contributed by atoms with E-state index >= 15 is 0 Å². The number of rotatable bonds is 5. The van der Waals surface area contributed by atoms with Gasteiger partial charge in [0.15, 0.2) is 5.78 Å². The van der Waals surface area contributed by atoms with Gasteiger partial charge in [-0.15, -0.1) is 0 Å². The summed E-state index contributed by atoms with van der Waals surface area (Å²) in [6.07, 6.45) is 0.354. The highest BCUT2D eigenvalue weighted by molar-refractivity contribution is 5.99. The van der Waals surface area contributed by atoms with Gasteiger partial charge in [0.05, 0.1) is 6.61 Å². The summed E-state index contributed by atoms with van der Waals surface area (Å²) in [5.74, 6) is -0.873. The maximum Gasteiger partial charge on any atom is 0.339 e. The van der Waals surface area contributed by atoms with Gasteiger partial charge in [0, 0.05) is 12.0 Å². The first kappa shape index (κ1) is 12.2. The molecule has 0 spiro atoms.